The second-order valence-electron chi connectivity index (χ2n) is 5.78. The summed E-state index contributed by atoms with van der Waals surface area (Å²) in [7, 11) is 1.82. The van der Waals surface area contributed by atoms with Crippen LogP contribution in [-0.2, 0) is 6.54 Å². The number of hydrogen-bond acceptors (Lipinski definition) is 1. The monoisotopic (exact) mass is 275 g/mol. The summed E-state index contributed by atoms with van der Waals surface area (Å²) in [6, 6.07) is 10.8. The smallest absolute Gasteiger partial charge is 0.191 e. The summed E-state index contributed by atoms with van der Waals surface area (Å²) < 4.78 is 0. The van der Waals surface area contributed by atoms with Crippen LogP contribution < -0.4 is 10.6 Å². The van der Waals surface area contributed by atoms with Crippen LogP contribution in [0.1, 0.15) is 45.6 Å². The first kappa shape index (κ1) is 16.5. The van der Waals surface area contributed by atoms with Crippen LogP contribution in [0.3, 0.4) is 0 Å². The van der Waals surface area contributed by atoms with Crippen molar-refractivity contribution in [2.75, 3.05) is 7.05 Å². The van der Waals surface area contributed by atoms with E-state index in [1.165, 1.54) is 24.8 Å². The van der Waals surface area contributed by atoms with E-state index in [0.29, 0.717) is 6.04 Å². The first-order chi connectivity index (χ1) is 9.61. The van der Waals surface area contributed by atoms with Gasteiger partial charge in [-0.2, -0.15) is 0 Å². The van der Waals surface area contributed by atoms with Crippen LogP contribution in [0, 0.1) is 5.92 Å². The highest BCUT2D eigenvalue weighted by Gasteiger charge is 2.05. The molecule has 0 heterocycles. The fourth-order valence-electron chi connectivity index (χ4n) is 2.11. The van der Waals surface area contributed by atoms with E-state index in [9.17, 15) is 0 Å². The van der Waals surface area contributed by atoms with Gasteiger partial charge in [0.15, 0.2) is 5.96 Å². The van der Waals surface area contributed by atoms with Gasteiger partial charge in [-0.15, -0.1) is 0 Å². The van der Waals surface area contributed by atoms with Gasteiger partial charge in [-0.25, -0.2) is 0 Å². The molecule has 1 aromatic rings. The molecule has 0 aliphatic heterocycles. The Morgan fingerprint density at radius 3 is 2.40 bits per heavy atom. The van der Waals surface area contributed by atoms with Crippen LogP contribution in [0.4, 0.5) is 0 Å². The number of nitrogens with zero attached hydrogens (tertiary/aromatic N) is 1. The molecule has 0 aliphatic carbocycles. The Labute approximate surface area is 123 Å². The van der Waals surface area contributed by atoms with Gasteiger partial charge < -0.3 is 10.6 Å². The molecule has 2 N–H and O–H groups in total. The van der Waals surface area contributed by atoms with Crippen LogP contribution in [-0.4, -0.2) is 19.0 Å². The van der Waals surface area contributed by atoms with Crippen molar-refractivity contribution in [3.63, 3.8) is 0 Å². The van der Waals surface area contributed by atoms with E-state index < -0.39 is 0 Å². The molecule has 3 nitrogen and oxygen atoms in total. The fraction of sp³-hybridized carbons (Fsp3) is 0.588. The first-order valence-corrected chi connectivity index (χ1v) is 7.63. The Hall–Kier alpha value is -1.51. The van der Waals surface area contributed by atoms with Crippen molar-refractivity contribution in [3.05, 3.63) is 35.9 Å². The number of rotatable bonds is 7. The number of benzene rings is 1. The quantitative estimate of drug-likeness (QED) is 0.589. The molecule has 0 aliphatic rings. The highest BCUT2D eigenvalue weighted by atomic mass is 15.2. The Morgan fingerprint density at radius 2 is 1.80 bits per heavy atom. The van der Waals surface area contributed by atoms with E-state index in [4.69, 9.17) is 0 Å². The predicted molar refractivity (Wildman–Crippen MR) is 87.9 cm³/mol. The lowest BCUT2D eigenvalue weighted by Crippen LogP contribution is -2.41. The van der Waals surface area contributed by atoms with Crippen LogP contribution >= 0.6 is 0 Å². The number of hydrogen-bond donors (Lipinski definition) is 2. The predicted octanol–water partition coefficient (Wildman–Crippen LogP) is 3.57. The maximum atomic E-state index is 4.28. The van der Waals surface area contributed by atoms with Gasteiger partial charge in [0, 0.05) is 19.6 Å². The van der Waals surface area contributed by atoms with Crippen LogP contribution in [0.5, 0.6) is 0 Å². The van der Waals surface area contributed by atoms with Crippen molar-refractivity contribution in [1.82, 2.24) is 10.6 Å². The average Bonchev–Trinajstić information content (AvgIpc) is 2.44. The van der Waals surface area contributed by atoms with Crippen molar-refractivity contribution < 1.29 is 0 Å². The molecule has 0 saturated heterocycles. The van der Waals surface area contributed by atoms with Crippen LogP contribution in [0.25, 0.3) is 0 Å². The van der Waals surface area contributed by atoms with Gasteiger partial charge in [0.05, 0.1) is 0 Å². The molecule has 1 aromatic carbocycles. The molecule has 0 radical (unpaired) electrons. The van der Waals surface area contributed by atoms with Gasteiger partial charge in [-0.1, -0.05) is 57.0 Å². The fourth-order valence-corrected chi connectivity index (χ4v) is 2.11. The van der Waals surface area contributed by atoms with Gasteiger partial charge in [0.25, 0.3) is 0 Å². The lowest BCUT2D eigenvalue weighted by Gasteiger charge is -2.18. The summed E-state index contributed by atoms with van der Waals surface area (Å²) in [5.74, 6) is 1.67. The zero-order chi connectivity index (χ0) is 14.8. The number of nitrogens with one attached hydrogen (secondary N) is 2. The van der Waals surface area contributed by atoms with Gasteiger partial charge in [-0.05, 0) is 24.8 Å². The molecule has 20 heavy (non-hydrogen) atoms. The molecule has 1 unspecified atom stereocenters. The van der Waals surface area contributed by atoms with E-state index >= 15 is 0 Å². The molecular weight excluding hydrogens is 246 g/mol. The molecule has 112 valence electrons. The molecule has 1 atom stereocenters. The summed E-state index contributed by atoms with van der Waals surface area (Å²) in [6.45, 7) is 7.58. The zero-order valence-electron chi connectivity index (χ0n) is 13.3. The van der Waals surface area contributed by atoms with Gasteiger partial charge in [0.2, 0.25) is 0 Å². The van der Waals surface area contributed by atoms with Crippen molar-refractivity contribution in [2.24, 2.45) is 10.9 Å². The third-order valence-electron chi connectivity index (χ3n) is 3.33. The Balaban J connectivity index is 2.29. The lowest BCUT2D eigenvalue weighted by molar-refractivity contribution is 0.491. The second-order valence-corrected chi connectivity index (χ2v) is 5.78. The molecule has 0 fully saturated rings. The van der Waals surface area contributed by atoms with E-state index in [-0.39, 0.29) is 0 Å². The summed E-state index contributed by atoms with van der Waals surface area (Å²) >= 11 is 0. The molecule has 0 bridgehead atoms. The van der Waals surface area contributed by atoms with E-state index in [1.54, 1.807) is 0 Å². The van der Waals surface area contributed by atoms with Crippen molar-refractivity contribution in [1.29, 1.82) is 0 Å². The van der Waals surface area contributed by atoms with Crippen LogP contribution in [0.2, 0.25) is 0 Å². The largest absolute Gasteiger partial charge is 0.354 e. The van der Waals surface area contributed by atoms with E-state index in [0.717, 1.165) is 18.4 Å². The Kier molecular flexibility index (Phi) is 7.78. The molecular formula is C17H29N3. The van der Waals surface area contributed by atoms with Gasteiger partial charge in [-0.3, -0.25) is 4.99 Å². The first-order valence-electron chi connectivity index (χ1n) is 7.63. The number of guanidine groups is 1. The van der Waals surface area contributed by atoms with Crippen LogP contribution in [0.15, 0.2) is 35.3 Å². The van der Waals surface area contributed by atoms with Crippen molar-refractivity contribution in [3.8, 4) is 0 Å². The highest BCUT2D eigenvalue weighted by molar-refractivity contribution is 5.79. The topological polar surface area (TPSA) is 36.4 Å². The molecule has 0 saturated carbocycles. The normalized spacial score (nSPS) is 13.3. The standard InChI is InChI=1S/C17H29N3/c1-14(2)9-8-10-15(3)20-17(18-4)19-13-16-11-6-5-7-12-16/h5-7,11-12,14-15H,8-10,13H2,1-4H3,(H2,18,19,20). The lowest BCUT2D eigenvalue weighted by atomic mass is 10.0. The Bertz CT molecular complexity index is 384. The maximum Gasteiger partial charge on any atom is 0.191 e. The van der Waals surface area contributed by atoms with E-state index in [2.05, 4.69) is 60.7 Å². The summed E-state index contributed by atoms with van der Waals surface area (Å²) in [5, 5.41) is 6.80. The second kappa shape index (κ2) is 9.40. The molecule has 1 rings (SSSR count). The van der Waals surface area contributed by atoms with Crippen molar-refractivity contribution in [2.45, 2.75) is 52.6 Å². The minimum Gasteiger partial charge on any atom is -0.354 e. The summed E-state index contributed by atoms with van der Waals surface area (Å²) in [6.07, 6.45) is 3.74. The molecule has 0 spiro atoms. The van der Waals surface area contributed by atoms with E-state index in [1.807, 2.05) is 13.1 Å². The third kappa shape index (κ3) is 7.17. The average molecular weight is 275 g/mol. The van der Waals surface area contributed by atoms with Gasteiger partial charge >= 0.3 is 0 Å². The SMILES string of the molecule is CN=C(NCc1ccccc1)NC(C)CCCC(C)C. The molecule has 0 aromatic heterocycles. The molecule has 0 amide bonds. The minimum absolute atomic E-state index is 0.454. The number of aliphatic imine (C=N–C) groups is 1. The highest BCUT2D eigenvalue weighted by Crippen LogP contribution is 2.08. The summed E-state index contributed by atoms with van der Waals surface area (Å²) in [4.78, 5) is 4.28. The van der Waals surface area contributed by atoms with Gasteiger partial charge in [0.1, 0.15) is 0 Å². The maximum absolute atomic E-state index is 4.28. The summed E-state index contributed by atoms with van der Waals surface area (Å²) in [5.41, 5.74) is 1.27. The molecule has 3 heteroatoms. The van der Waals surface area contributed by atoms with Crippen molar-refractivity contribution >= 4 is 5.96 Å². The minimum atomic E-state index is 0.454. The Morgan fingerprint density at radius 1 is 1.10 bits per heavy atom. The third-order valence-corrected chi connectivity index (χ3v) is 3.33. The zero-order valence-corrected chi connectivity index (χ0v) is 13.3.